The highest BCUT2D eigenvalue weighted by atomic mass is 35.5. The molecule has 2 amide bonds. The van der Waals surface area contributed by atoms with Gasteiger partial charge >= 0.3 is 6.09 Å². The first-order chi connectivity index (χ1) is 11.7. The lowest BCUT2D eigenvalue weighted by molar-refractivity contribution is -0.132. The van der Waals surface area contributed by atoms with E-state index in [1.54, 1.807) is 43.5 Å². The van der Waals surface area contributed by atoms with Crippen LogP contribution in [0.2, 0.25) is 0 Å². The zero-order chi connectivity index (χ0) is 18.6. The zero-order valence-corrected chi connectivity index (χ0v) is 15.9. The number of carbonyl (C=O) groups excluding carboxylic acids is 2. The number of amides is 2. The zero-order valence-electron chi connectivity index (χ0n) is 15.2. The van der Waals surface area contributed by atoms with Crippen molar-refractivity contribution in [1.29, 1.82) is 0 Å². The van der Waals surface area contributed by atoms with Crippen LogP contribution >= 0.6 is 11.6 Å². The summed E-state index contributed by atoms with van der Waals surface area (Å²) in [5.74, 6) is -0.0571. The van der Waals surface area contributed by atoms with Crippen LogP contribution in [0.4, 0.5) is 4.79 Å². The molecule has 140 valence electrons. The largest absolute Gasteiger partial charge is 0.444 e. The number of carbonyl (C=O) groups is 2. The van der Waals surface area contributed by atoms with Crippen LogP contribution in [0.3, 0.4) is 0 Å². The maximum Gasteiger partial charge on any atom is 0.407 e. The van der Waals surface area contributed by atoms with Crippen LogP contribution in [-0.4, -0.2) is 56.0 Å². The highest BCUT2D eigenvalue weighted by Gasteiger charge is 2.27. The monoisotopic (exact) mass is 371 g/mol. The number of alkyl carbamates (subject to hydrolysis) is 1. The average molecular weight is 372 g/mol. The highest BCUT2D eigenvalue weighted by Crippen LogP contribution is 2.22. The molecule has 1 N–H and O–H groups in total. The van der Waals surface area contributed by atoms with Crippen molar-refractivity contribution in [2.45, 2.75) is 64.1 Å². The second-order valence-electron chi connectivity index (χ2n) is 7.24. The normalized spacial score (nSPS) is 19.4. The third kappa shape index (κ3) is 5.88. The molecule has 2 rings (SSSR count). The Balaban J connectivity index is 1.90. The molecule has 2 unspecified atom stereocenters. The maximum atomic E-state index is 12.1. The maximum absolute atomic E-state index is 12.1. The standard InChI is InChI=1S/C16H26ClN5O3/c1-11(17)14(23)21-7-5-6-13(10-21)22-9-12(19-20-22)8-18-15(24)25-16(2,3)4/h9,11,13H,5-8,10H2,1-4H3,(H,18,24). The van der Waals surface area contributed by atoms with Crippen molar-refractivity contribution in [3.8, 4) is 0 Å². The fourth-order valence-corrected chi connectivity index (χ4v) is 2.81. The predicted octanol–water partition coefficient (Wildman–Crippen LogP) is 2.09. The van der Waals surface area contributed by atoms with E-state index in [2.05, 4.69) is 15.6 Å². The van der Waals surface area contributed by atoms with Crippen molar-refractivity contribution in [3.63, 3.8) is 0 Å². The Labute approximate surface area is 152 Å². The van der Waals surface area contributed by atoms with Crippen molar-refractivity contribution >= 4 is 23.6 Å². The number of alkyl halides is 1. The van der Waals surface area contributed by atoms with Crippen LogP contribution in [0.15, 0.2) is 6.20 Å². The first-order valence-corrected chi connectivity index (χ1v) is 8.90. The van der Waals surface area contributed by atoms with E-state index in [-0.39, 0.29) is 18.5 Å². The lowest BCUT2D eigenvalue weighted by atomic mass is 10.1. The first kappa shape index (κ1) is 19.5. The summed E-state index contributed by atoms with van der Waals surface area (Å²) in [5.41, 5.74) is 0.0966. The van der Waals surface area contributed by atoms with Crippen molar-refractivity contribution < 1.29 is 14.3 Å². The Bertz CT molecular complexity index is 611. The minimum Gasteiger partial charge on any atom is -0.444 e. The van der Waals surface area contributed by atoms with Crippen LogP contribution in [0.5, 0.6) is 0 Å². The van der Waals surface area contributed by atoms with Crippen LogP contribution in [0, 0.1) is 0 Å². The molecule has 1 saturated heterocycles. The SMILES string of the molecule is CC(Cl)C(=O)N1CCCC(n2cc(CNC(=O)OC(C)(C)C)nn2)C1. The molecule has 0 aromatic carbocycles. The number of rotatable bonds is 4. The Kier molecular flexibility index (Phi) is 6.26. The van der Waals surface area contributed by atoms with E-state index in [4.69, 9.17) is 16.3 Å². The molecule has 1 aliphatic heterocycles. The first-order valence-electron chi connectivity index (χ1n) is 8.46. The second-order valence-corrected chi connectivity index (χ2v) is 7.90. The molecule has 2 heterocycles. The minimum atomic E-state index is -0.542. The van der Waals surface area contributed by atoms with Crippen LogP contribution in [0.25, 0.3) is 0 Å². The number of nitrogens with one attached hydrogen (secondary N) is 1. The number of hydrogen-bond donors (Lipinski definition) is 1. The summed E-state index contributed by atoms with van der Waals surface area (Å²) < 4.78 is 6.94. The van der Waals surface area contributed by atoms with Gasteiger partial charge in [-0.1, -0.05) is 5.21 Å². The van der Waals surface area contributed by atoms with Crippen molar-refractivity contribution in [3.05, 3.63) is 11.9 Å². The number of nitrogens with zero attached hydrogens (tertiary/aromatic N) is 4. The summed E-state index contributed by atoms with van der Waals surface area (Å²) in [5, 5.41) is 10.3. The van der Waals surface area contributed by atoms with E-state index in [9.17, 15) is 9.59 Å². The molecule has 1 aromatic rings. The van der Waals surface area contributed by atoms with Gasteiger partial charge in [0.25, 0.3) is 0 Å². The van der Waals surface area contributed by atoms with Gasteiger partial charge in [0, 0.05) is 13.1 Å². The van der Waals surface area contributed by atoms with E-state index in [1.807, 2.05) is 0 Å². The fraction of sp³-hybridized carbons (Fsp3) is 0.750. The van der Waals surface area contributed by atoms with E-state index in [0.717, 1.165) is 12.8 Å². The summed E-state index contributed by atoms with van der Waals surface area (Å²) in [6.45, 7) is 8.63. The number of aromatic nitrogens is 3. The third-order valence-electron chi connectivity index (χ3n) is 3.79. The number of hydrogen-bond acceptors (Lipinski definition) is 5. The van der Waals surface area contributed by atoms with E-state index in [1.165, 1.54) is 0 Å². The molecule has 1 fully saturated rings. The summed E-state index contributed by atoms with van der Waals surface area (Å²) >= 11 is 5.90. The third-order valence-corrected chi connectivity index (χ3v) is 3.98. The van der Waals surface area contributed by atoms with Crippen molar-refractivity contribution in [2.24, 2.45) is 0 Å². The quantitative estimate of drug-likeness (QED) is 0.818. The fourth-order valence-electron chi connectivity index (χ4n) is 2.67. The Morgan fingerprint density at radius 3 is 2.84 bits per heavy atom. The van der Waals surface area contributed by atoms with Crippen LogP contribution in [0.1, 0.15) is 52.3 Å². The van der Waals surface area contributed by atoms with Gasteiger partial charge in [-0.3, -0.25) is 4.79 Å². The lowest BCUT2D eigenvalue weighted by Gasteiger charge is -2.33. The van der Waals surface area contributed by atoms with Gasteiger partial charge in [0.15, 0.2) is 0 Å². The minimum absolute atomic E-state index is 0.0571. The topological polar surface area (TPSA) is 89.4 Å². The van der Waals surface area contributed by atoms with Gasteiger partial charge in [0.05, 0.1) is 18.8 Å². The van der Waals surface area contributed by atoms with Crippen molar-refractivity contribution in [1.82, 2.24) is 25.2 Å². The van der Waals surface area contributed by atoms with Gasteiger partial charge < -0.3 is 15.0 Å². The van der Waals surface area contributed by atoms with Gasteiger partial charge in [0.1, 0.15) is 16.7 Å². The predicted molar refractivity (Wildman–Crippen MR) is 93.3 cm³/mol. The molecule has 1 aliphatic rings. The summed E-state index contributed by atoms with van der Waals surface area (Å²) in [4.78, 5) is 25.5. The van der Waals surface area contributed by atoms with Gasteiger partial charge in [0.2, 0.25) is 5.91 Å². The number of piperidine rings is 1. The number of likely N-dealkylation sites (tertiary alicyclic amines) is 1. The molecule has 0 saturated carbocycles. The van der Waals surface area contributed by atoms with Gasteiger partial charge in [-0.05, 0) is 40.5 Å². The lowest BCUT2D eigenvalue weighted by Crippen LogP contribution is -2.43. The van der Waals surface area contributed by atoms with Gasteiger partial charge in [-0.25, -0.2) is 9.48 Å². The number of halogens is 1. The Morgan fingerprint density at radius 2 is 2.20 bits per heavy atom. The molecule has 8 nitrogen and oxygen atoms in total. The van der Waals surface area contributed by atoms with E-state index >= 15 is 0 Å². The van der Waals surface area contributed by atoms with E-state index < -0.39 is 17.1 Å². The Morgan fingerprint density at radius 1 is 1.48 bits per heavy atom. The van der Waals surface area contributed by atoms with Crippen LogP contribution < -0.4 is 5.32 Å². The molecular weight excluding hydrogens is 346 g/mol. The summed E-state index contributed by atoms with van der Waals surface area (Å²) in [6.07, 6.45) is 3.11. The van der Waals surface area contributed by atoms with Crippen LogP contribution in [-0.2, 0) is 16.1 Å². The van der Waals surface area contributed by atoms with Crippen molar-refractivity contribution in [2.75, 3.05) is 13.1 Å². The average Bonchev–Trinajstić information content (AvgIpc) is 2.99. The molecule has 0 aliphatic carbocycles. The second kappa shape index (κ2) is 8.03. The van der Waals surface area contributed by atoms with Gasteiger partial charge in [-0.2, -0.15) is 0 Å². The molecule has 2 atom stereocenters. The molecule has 1 aromatic heterocycles. The van der Waals surface area contributed by atoms with Gasteiger partial charge in [-0.15, -0.1) is 16.7 Å². The molecule has 0 spiro atoms. The number of ether oxygens (including phenoxy) is 1. The smallest absolute Gasteiger partial charge is 0.407 e. The van der Waals surface area contributed by atoms with E-state index in [0.29, 0.717) is 18.8 Å². The molecule has 9 heteroatoms. The molecular formula is C16H26ClN5O3. The molecule has 0 bridgehead atoms. The molecule has 25 heavy (non-hydrogen) atoms. The Hall–Kier alpha value is -1.83. The molecule has 0 radical (unpaired) electrons. The highest BCUT2D eigenvalue weighted by molar-refractivity contribution is 6.30. The summed E-state index contributed by atoms with van der Waals surface area (Å²) in [7, 11) is 0. The summed E-state index contributed by atoms with van der Waals surface area (Å²) in [6, 6.07) is 0.0656.